The highest BCUT2D eigenvalue weighted by molar-refractivity contribution is 6.31. The second-order valence-electron chi connectivity index (χ2n) is 6.46. The molecule has 2 aromatic rings. The normalized spacial score (nSPS) is 14.2. The Bertz CT molecular complexity index is 819. The molecule has 1 aliphatic heterocycles. The molecule has 2 heterocycles. The van der Waals surface area contributed by atoms with Gasteiger partial charge in [-0.2, -0.15) is 0 Å². The molecule has 1 aromatic heterocycles. The summed E-state index contributed by atoms with van der Waals surface area (Å²) in [4.78, 5) is 23.8. The monoisotopic (exact) mass is 374 g/mol. The van der Waals surface area contributed by atoms with E-state index >= 15 is 0 Å². The van der Waals surface area contributed by atoms with Crippen molar-refractivity contribution in [2.24, 2.45) is 0 Å². The van der Waals surface area contributed by atoms with Crippen LogP contribution < -0.4 is 15.0 Å². The fraction of sp³-hybridized carbons (Fsp3) is 0.421. The first-order chi connectivity index (χ1) is 12.5. The smallest absolute Gasteiger partial charge is 0.274 e. The SMILES string of the molecule is COc1cc(Cl)c(C)cc1NC(=O)c1cc(N2CCCCC2)nc(C)n1. The van der Waals surface area contributed by atoms with Crippen molar-refractivity contribution in [3.05, 3.63) is 40.3 Å². The molecule has 1 aromatic carbocycles. The number of piperidine rings is 1. The predicted molar refractivity (Wildman–Crippen MR) is 104 cm³/mol. The van der Waals surface area contributed by atoms with Gasteiger partial charge in [0, 0.05) is 30.2 Å². The Balaban J connectivity index is 1.86. The van der Waals surface area contributed by atoms with Crippen LogP contribution in [0.5, 0.6) is 5.75 Å². The summed E-state index contributed by atoms with van der Waals surface area (Å²) in [6, 6.07) is 5.23. The first-order valence-electron chi connectivity index (χ1n) is 8.74. The summed E-state index contributed by atoms with van der Waals surface area (Å²) >= 11 is 6.13. The summed E-state index contributed by atoms with van der Waals surface area (Å²) in [6.45, 7) is 5.60. The number of anilines is 2. The number of aryl methyl sites for hydroxylation is 2. The maximum absolute atomic E-state index is 12.8. The van der Waals surface area contributed by atoms with E-state index in [0.717, 1.165) is 37.3 Å². The third-order valence-electron chi connectivity index (χ3n) is 4.47. The van der Waals surface area contributed by atoms with Crippen LogP contribution in [0, 0.1) is 13.8 Å². The minimum Gasteiger partial charge on any atom is -0.495 e. The van der Waals surface area contributed by atoms with E-state index in [0.29, 0.717) is 28.0 Å². The molecule has 0 saturated carbocycles. The van der Waals surface area contributed by atoms with Crippen LogP contribution >= 0.6 is 11.6 Å². The average Bonchev–Trinajstić information content (AvgIpc) is 2.64. The molecule has 1 fully saturated rings. The van der Waals surface area contributed by atoms with Gasteiger partial charge in [-0.05, 0) is 44.7 Å². The predicted octanol–water partition coefficient (Wildman–Crippen LogP) is 4.00. The second kappa shape index (κ2) is 7.91. The number of hydrogen-bond acceptors (Lipinski definition) is 5. The van der Waals surface area contributed by atoms with Gasteiger partial charge in [-0.1, -0.05) is 11.6 Å². The van der Waals surface area contributed by atoms with Crippen LogP contribution in [0.1, 0.15) is 41.1 Å². The van der Waals surface area contributed by atoms with Crippen LogP contribution in [-0.4, -0.2) is 36.1 Å². The molecule has 3 rings (SSSR count). The van der Waals surface area contributed by atoms with Gasteiger partial charge in [0.15, 0.2) is 0 Å². The molecule has 1 aliphatic rings. The van der Waals surface area contributed by atoms with Crippen molar-refractivity contribution in [1.82, 2.24) is 9.97 Å². The number of carbonyl (C=O) groups excluding carboxylic acids is 1. The number of nitrogens with one attached hydrogen (secondary N) is 1. The molecule has 1 N–H and O–H groups in total. The summed E-state index contributed by atoms with van der Waals surface area (Å²) < 4.78 is 5.32. The Morgan fingerprint density at radius 3 is 2.58 bits per heavy atom. The second-order valence-corrected chi connectivity index (χ2v) is 6.87. The van der Waals surface area contributed by atoms with Gasteiger partial charge in [0.25, 0.3) is 5.91 Å². The zero-order valence-electron chi connectivity index (χ0n) is 15.3. The summed E-state index contributed by atoms with van der Waals surface area (Å²) in [5.74, 6) is 1.60. The molecule has 26 heavy (non-hydrogen) atoms. The molecular formula is C19H23ClN4O2. The number of halogens is 1. The fourth-order valence-corrected chi connectivity index (χ4v) is 3.22. The zero-order chi connectivity index (χ0) is 18.7. The van der Waals surface area contributed by atoms with Crippen LogP contribution in [0.15, 0.2) is 18.2 Å². The van der Waals surface area contributed by atoms with Crippen molar-refractivity contribution in [3.8, 4) is 5.75 Å². The van der Waals surface area contributed by atoms with Gasteiger partial charge in [0.1, 0.15) is 23.1 Å². The van der Waals surface area contributed by atoms with Crippen LogP contribution in [-0.2, 0) is 0 Å². The molecule has 1 saturated heterocycles. The van der Waals surface area contributed by atoms with E-state index in [1.165, 1.54) is 6.42 Å². The summed E-state index contributed by atoms with van der Waals surface area (Å²) in [6.07, 6.45) is 3.53. The maximum atomic E-state index is 12.8. The number of rotatable bonds is 4. The van der Waals surface area contributed by atoms with Gasteiger partial charge in [-0.3, -0.25) is 4.79 Å². The lowest BCUT2D eigenvalue weighted by Gasteiger charge is -2.28. The molecular weight excluding hydrogens is 352 g/mol. The van der Waals surface area contributed by atoms with Gasteiger partial charge in [0.05, 0.1) is 12.8 Å². The lowest BCUT2D eigenvalue weighted by atomic mass is 10.1. The Hall–Kier alpha value is -2.34. The molecule has 1 amide bonds. The van der Waals surface area contributed by atoms with Crippen molar-refractivity contribution >= 4 is 29.0 Å². The van der Waals surface area contributed by atoms with Crippen molar-refractivity contribution in [2.45, 2.75) is 33.1 Å². The molecule has 0 atom stereocenters. The van der Waals surface area contributed by atoms with Crippen molar-refractivity contribution in [2.75, 3.05) is 30.4 Å². The van der Waals surface area contributed by atoms with E-state index in [2.05, 4.69) is 20.2 Å². The van der Waals surface area contributed by atoms with Gasteiger partial charge in [-0.15, -0.1) is 0 Å². The highest BCUT2D eigenvalue weighted by Gasteiger charge is 2.18. The van der Waals surface area contributed by atoms with E-state index in [4.69, 9.17) is 16.3 Å². The van der Waals surface area contributed by atoms with Crippen molar-refractivity contribution in [1.29, 1.82) is 0 Å². The minimum absolute atomic E-state index is 0.297. The molecule has 0 bridgehead atoms. The topological polar surface area (TPSA) is 67.3 Å². The van der Waals surface area contributed by atoms with Gasteiger partial charge >= 0.3 is 0 Å². The third kappa shape index (κ3) is 4.07. The Kier molecular flexibility index (Phi) is 5.61. The zero-order valence-corrected chi connectivity index (χ0v) is 16.1. The van der Waals surface area contributed by atoms with Gasteiger partial charge < -0.3 is 15.0 Å². The van der Waals surface area contributed by atoms with E-state index in [-0.39, 0.29) is 5.91 Å². The lowest BCUT2D eigenvalue weighted by Crippen LogP contribution is -2.31. The maximum Gasteiger partial charge on any atom is 0.274 e. The molecule has 6 nitrogen and oxygen atoms in total. The number of nitrogens with zero attached hydrogens (tertiary/aromatic N) is 3. The van der Waals surface area contributed by atoms with Crippen LogP contribution in [0.25, 0.3) is 0 Å². The number of carbonyl (C=O) groups is 1. The first-order valence-corrected chi connectivity index (χ1v) is 9.12. The number of methoxy groups -OCH3 is 1. The highest BCUT2D eigenvalue weighted by atomic mass is 35.5. The molecule has 0 radical (unpaired) electrons. The van der Waals surface area contributed by atoms with Crippen molar-refractivity contribution in [3.63, 3.8) is 0 Å². The first kappa shape index (κ1) is 18.5. The van der Waals surface area contributed by atoms with Crippen molar-refractivity contribution < 1.29 is 9.53 Å². The molecule has 0 spiro atoms. The molecule has 0 aliphatic carbocycles. The van der Waals surface area contributed by atoms with E-state index in [9.17, 15) is 4.79 Å². The quantitative estimate of drug-likeness (QED) is 0.876. The highest BCUT2D eigenvalue weighted by Crippen LogP contribution is 2.31. The number of amides is 1. The third-order valence-corrected chi connectivity index (χ3v) is 4.87. The van der Waals surface area contributed by atoms with Gasteiger partial charge in [-0.25, -0.2) is 9.97 Å². The van der Waals surface area contributed by atoms with E-state index < -0.39 is 0 Å². The Morgan fingerprint density at radius 2 is 1.88 bits per heavy atom. The van der Waals surface area contributed by atoms with Gasteiger partial charge in [0.2, 0.25) is 0 Å². The number of hydrogen-bond donors (Lipinski definition) is 1. The number of aromatic nitrogens is 2. The molecule has 7 heteroatoms. The van der Waals surface area contributed by atoms with E-state index in [1.54, 1.807) is 32.2 Å². The molecule has 138 valence electrons. The van der Waals surface area contributed by atoms with Crippen LogP contribution in [0.2, 0.25) is 5.02 Å². The minimum atomic E-state index is -0.297. The number of benzene rings is 1. The molecule has 0 unspecified atom stereocenters. The fourth-order valence-electron chi connectivity index (χ4n) is 3.07. The summed E-state index contributed by atoms with van der Waals surface area (Å²) in [7, 11) is 1.54. The largest absolute Gasteiger partial charge is 0.495 e. The standard InChI is InChI=1S/C19H23ClN4O2/c1-12-9-15(17(26-3)10-14(12)20)23-19(25)16-11-18(22-13(2)21-16)24-7-5-4-6-8-24/h9-11H,4-8H2,1-3H3,(H,23,25). The Morgan fingerprint density at radius 1 is 1.15 bits per heavy atom. The number of ether oxygens (including phenoxy) is 1. The average molecular weight is 375 g/mol. The van der Waals surface area contributed by atoms with Crippen LogP contribution in [0.4, 0.5) is 11.5 Å². The summed E-state index contributed by atoms with van der Waals surface area (Å²) in [5.41, 5.74) is 1.76. The summed E-state index contributed by atoms with van der Waals surface area (Å²) in [5, 5.41) is 3.46. The lowest BCUT2D eigenvalue weighted by molar-refractivity contribution is 0.102. The van der Waals surface area contributed by atoms with Crippen LogP contribution in [0.3, 0.4) is 0 Å². The Labute approximate surface area is 158 Å². The van der Waals surface area contributed by atoms with E-state index in [1.807, 2.05) is 6.92 Å².